The first-order valence-electron chi connectivity index (χ1n) is 4.38. The Bertz CT molecular complexity index is 238. The van der Waals surface area contributed by atoms with Crippen molar-refractivity contribution in [1.29, 1.82) is 0 Å². The van der Waals surface area contributed by atoms with E-state index in [-0.39, 0.29) is 0 Å². The van der Waals surface area contributed by atoms with E-state index in [9.17, 15) is 0 Å². The van der Waals surface area contributed by atoms with E-state index in [1.54, 1.807) is 6.07 Å². The molecule has 72 valence electrons. The molecule has 0 fully saturated rings. The summed E-state index contributed by atoms with van der Waals surface area (Å²) in [6.45, 7) is 2.82. The average Bonchev–Trinajstić information content (AvgIpc) is 2.19. The number of hydrogen-bond acceptors (Lipinski definition) is 3. The predicted molar refractivity (Wildman–Crippen MR) is 52.0 cm³/mol. The number of rotatable bonds is 5. The Morgan fingerprint density at radius 1 is 1.38 bits per heavy atom. The standard InChI is InChI=1S/C9H13ClN2O/c1-2-3-6-13-9-5-4-8(7-10)11-12-9/h4-5H,2-3,6-7H2,1H3. The molecule has 1 rings (SSSR count). The van der Waals surface area contributed by atoms with Gasteiger partial charge in [-0.3, -0.25) is 0 Å². The molecule has 0 amide bonds. The van der Waals surface area contributed by atoms with E-state index in [1.807, 2.05) is 6.07 Å². The molecule has 0 saturated heterocycles. The van der Waals surface area contributed by atoms with Gasteiger partial charge in [0, 0.05) is 6.07 Å². The summed E-state index contributed by atoms with van der Waals surface area (Å²) in [5.41, 5.74) is 0.768. The monoisotopic (exact) mass is 200 g/mol. The molecule has 0 unspecified atom stereocenters. The van der Waals surface area contributed by atoms with E-state index in [4.69, 9.17) is 16.3 Å². The minimum Gasteiger partial charge on any atom is -0.477 e. The maximum atomic E-state index is 5.56. The Balaban J connectivity index is 2.40. The van der Waals surface area contributed by atoms with Crippen LogP contribution >= 0.6 is 11.6 Å². The van der Waals surface area contributed by atoms with Crippen molar-refractivity contribution in [3.63, 3.8) is 0 Å². The summed E-state index contributed by atoms with van der Waals surface area (Å²) >= 11 is 5.56. The molecule has 0 saturated carbocycles. The summed E-state index contributed by atoms with van der Waals surface area (Å²) in [5.74, 6) is 0.963. The van der Waals surface area contributed by atoms with Gasteiger partial charge in [0.15, 0.2) is 0 Å². The number of ether oxygens (including phenoxy) is 1. The van der Waals surface area contributed by atoms with Gasteiger partial charge in [-0.05, 0) is 12.5 Å². The van der Waals surface area contributed by atoms with Crippen LogP contribution in [0.5, 0.6) is 5.88 Å². The van der Waals surface area contributed by atoms with Gasteiger partial charge in [0.05, 0.1) is 18.2 Å². The van der Waals surface area contributed by atoms with Crippen LogP contribution in [0.4, 0.5) is 0 Å². The lowest BCUT2D eigenvalue weighted by molar-refractivity contribution is 0.294. The van der Waals surface area contributed by atoms with Crippen LogP contribution in [-0.2, 0) is 5.88 Å². The maximum Gasteiger partial charge on any atom is 0.233 e. The van der Waals surface area contributed by atoms with Gasteiger partial charge < -0.3 is 4.74 Å². The van der Waals surface area contributed by atoms with Crippen molar-refractivity contribution < 1.29 is 4.74 Å². The number of aromatic nitrogens is 2. The number of hydrogen-bond donors (Lipinski definition) is 0. The van der Waals surface area contributed by atoms with Crippen LogP contribution in [0, 0.1) is 0 Å². The number of nitrogens with zero attached hydrogens (tertiary/aromatic N) is 2. The fourth-order valence-corrected chi connectivity index (χ4v) is 0.960. The highest BCUT2D eigenvalue weighted by Crippen LogP contribution is 2.06. The zero-order valence-electron chi connectivity index (χ0n) is 7.66. The number of halogens is 1. The minimum absolute atomic E-state index is 0.391. The topological polar surface area (TPSA) is 35.0 Å². The average molecular weight is 201 g/mol. The normalized spacial score (nSPS) is 10.0. The van der Waals surface area contributed by atoms with E-state index < -0.39 is 0 Å². The second-order valence-electron chi connectivity index (χ2n) is 2.70. The number of alkyl halides is 1. The molecule has 0 N–H and O–H groups in total. The molecule has 4 heteroatoms. The highest BCUT2D eigenvalue weighted by Gasteiger charge is 1.96. The molecule has 0 aliphatic carbocycles. The van der Waals surface area contributed by atoms with Crippen molar-refractivity contribution in [3.05, 3.63) is 17.8 Å². The molecule has 0 aliphatic heterocycles. The molecule has 0 spiro atoms. The minimum atomic E-state index is 0.391. The van der Waals surface area contributed by atoms with Crippen LogP contribution in [-0.4, -0.2) is 16.8 Å². The van der Waals surface area contributed by atoms with Gasteiger partial charge in [0.1, 0.15) is 0 Å². The summed E-state index contributed by atoms with van der Waals surface area (Å²) in [6, 6.07) is 3.61. The van der Waals surface area contributed by atoms with Crippen molar-refractivity contribution in [2.75, 3.05) is 6.61 Å². The molecule has 0 bridgehead atoms. The van der Waals surface area contributed by atoms with Crippen LogP contribution in [0.1, 0.15) is 25.5 Å². The number of unbranched alkanes of at least 4 members (excludes halogenated alkanes) is 1. The van der Waals surface area contributed by atoms with Crippen molar-refractivity contribution in [1.82, 2.24) is 10.2 Å². The fourth-order valence-electron chi connectivity index (χ4n) is 0.817. The van der Waals surface area contributed by atoms with Gasteiger partial charge in [-0.25, -0.2) is 0 Å². The van der Waals surface area contributed by atoms with Crippen LogP contribution in [0.25, 0.3) is 0 Å². The second-order valence-corrected chi connectivity index (χ2v) is 2.97. The summed E-state index contributed by atoms with van der Waals surface area (Å²) in [4.78, 5) is 0. The van der Waals surface area contributed by atoms with E-state index in [0.29, 0.717) is 18.4 Å². The van der Waals surface area contributed by atoms with E-state index in [0.717, 1.165) is 18.5 Å². The lowest BCUT2D eigenvalue weighted by Gasteiger charge is -2.02. The lowest BCUT2D eigenvalue weighted by atomic mass is 10.4. The van der Waals surface area contributed by atoms with Gasteiger partial charge in [-0.15, -0.1) is 16.7 Å². The van der Waals surface area contributed by atoms with E-state index in [1.165, 1.54) is 0 Å². The zero-order valence-corrected chi connectivity index (χ0v) is 8.42. The molecule has 1 aromatic heterocycles. The van der Waals surface area contributed by atoms with Gasteiger partial charge >= 0.3 is 0 Å². The molecule has 1 heterocycles. The van der Waals surface area contributed by atoms with Crippen molar-refractivity contribution in [2.45, 2.75) is 25.6 Å². The smallest absolute Gasteiger partial charge is 0.233 e. The van der Waals surface area contributed by atoms with Crippen molar-refractivity contribution in [3.8, 4) is 5.88 Å². The second kappa shape index (κ2) is 5.75. The highest BCUT2D eigenvalue weighted by molar-refractivity contribution is 6.16. The predicted octanol–water partition coefficient (Wildman–Crippen LogP) is 2.39. The first-order chi connectivity index (χ1) is 6.36. The summed E-state index contributed by atoms with van der Waals surface area (Å²) < 4.78 is 5.33. The first kappa shape index (κ1) is 10.3. The molecule has 0 radical (unpaired) electrons. The first-order valence-corrected chi connectivity index (χ1v) is 4.91. The maximum absolute atomic E-state index is 5.56. The van der Waals surface area contributed by atoms with Gasteiger partial charge in [0.2, 0.25) is 5.88 Å². The molecule has 0 aliphatic rings. The summed E-state index contributed by atoms with van der Waals surface area (Å²) in [7, 11) is 0. The van der Waals surface area contributed by atoms with Crippen molar-refractivity contribution >= 4 is 11.6 Å². The quantitative estimate of drug-likeness (QED) is 0.541. The van der Waals surface area contributed by atoms with Gasteiger partial charge in [0.25, 0.3) is 0 Å². The Morgan fingerprint density at radius 3 is 2.77 bits per heavy atom. The molecule has 0 atom stereocenters. The molecule has 1 aromatic rings. The van der Waals surface area contributed by atoms with Crippen LogP contribution < -0.4 is 4.74 Å². The molecular weight excluding hydrogens is 188 g/mol. The Kier molecular flexibility index (Phi) is 4.54. The summed E-state index contributed by atoms with van der Waals surface area (Å²) in [5, 5.41) is 7.73. The lowest BCUT2D eigenvalue weighted by Crippen LogP contribution is -2.00. The zero-order chi connectivity index (χ0) is 9.52. The van der Waals surface area contributed by atoms with Crippen LogP contribution in [0.2, 0.25) is 0 Å². The Labute approximate surface area is 83.1 Å². The third-order valence-electron chi connectivity index (χ3n) is 1.58. The molecule has 0 aromatic carbocycles. The third kappa shape index (κ3) is 3.59. The molecule has 3 nitrogen and oxygen atoms in total. The molecule has 13 heavy (non-hydrogen) atoms. The highest BCUT2D eigenvalue weighted by atomic mass is 35.5. The van der Waals surface area contributed by atoms with E-state index in [2.05, 4.69) is 17.1 Å². The fraction of sp³-hybridized carbons (Fsp3) is 0.556. The Hall–Kier alpha value is -0.830. The summed E-state index contributed by atoms with van der Waals surface area (Å²) in [6.07, 6.45) is 2.16. The van der Waals surface area contributed by atoms with Crippen molar-refractivity contribution in [2.24, 2.45) is 0 Å². The van der Waals surface area contributed by atoms with Gasteiger partial charge in [-0.2, -0.15) is 5.10 Å². The van der Waals surface area contributed by atoms with Gasteiger partial charge in [-0.1, -0.05) is 13.3 Å². The SMILES string of the molecule is CCCCOc1ccc(CCl)nn1. The van der Waals surface area contributed by atoms with E-state index >= 15 is 0 Å². The third-order valence-corrected chi connectivity index (χ3v) is 1.85. The Morgan fingerprint density at radius 2 is 2.23 bits per heavy atom. The van der Waals surface area contributed by atoms with Crippen LogP contribution in [0.15, 0.2) is 12.1 Å². The largest absolute Gasteiger partial charge is 0.477 e. The molecular formula is C9H13ClN2O. The van der Waals surface area contributed by atoms with Crippen LogP contribution in [0.3, 0.4) is 0 Å².